The minimum atomic E-state index is -0.170. The second-order valence-electron chi connectivity index (χ2n) is 4.62. The lowest BCUT2D eigenvalue weighted by molar-refractivity contribution is 0.116. The smallest absolute Gasteiger partial charge is 0.127 e. The lowest BCUT2D eigenvalue weighted by atomic mass is 9.93. The average Bonchev–Trinajstić information content (AvgIpc) is 2.32. The third-order valence-corrected chi connectivity index (χ3v) is 3.78. The van der Waals surface area contributed by atoms with Crippen molar-refractivity contribution in [1.29, 1.82) is 0 Å². The minimum Gasteiger partial charge on any atom is -0.393 e. The number of hydrogen-bond acceptors (Lipinski definition) is 2. The van der Waals surface area contributed by atoms with Crippen LogP contribution in [0.25, 0.3) is 0 Å². The Kier molecular flexibility index (Phi) is 4.54. The quantitative estimate of drug-likeness (QED) is 0.899. The van der Waals surface area contributed by atoms with E-state index in [0.717, 1.165) is 30.2 Å². The maximum absolute atomic E-state index is 13.5. The molecule has 0 heterocycles. The molecule has 1 fully saturated rings. The highest BCUT2D eigenvalue weighted by atomic mass is 79.9. The molecule has 1 aliphatic rings. The number of nitrogens with one attached hydrogen (secondary N) is 1. The lowest BCUT2D eigenvalue weighted by Crippen LogP contribution is -2.34. The van der Waals surface area contributed by atoms with Crippen LogP contribution in [0.15, 0.2) is 22.7 Å². The fraction of sp³-hybridized carbons (Fsp3) is 0.538. The topological polar surface area (TPSA) is 32.3 Å². The summed E-state index contributed by atoms with van der Waals surface area (Å²) in [5.41, 5.74) is 0.686. The Bertz CT molecular complexity index is 378. The van der Waals surface area contributed by atoms with Crippen molar-refractivity contribution >= 4 is 15.9 Å². The van der Waals surface area contributed by atoms with Crippen LogP contribution >= 0.6 is 15.9 Å². The zero-order valence-electron chi connectivity index (χ0n) is 9.63. The fourth-order valence-electron chi connectivity index (χ4n) is 2.21. The third-order valence-electron chi connectivity index (χ3n) is 3.29. The van der Waals surface area contributed by atoms with Crippen LogP contribution in [-0.2, 0) is 6.54 Å². The van der Waals surface area contributed by atoms with Crippen molar-refractivity contribution in [2.75, 3.05) is 0 Å². The summed E-state index contributed by atoms with van der Waals surface area (Å²) in [4.78, 5) is 0. The predicted molar refractivity (Wildman–Crippen MR) is 69.2 cm³/mol. The molecule has 1 aliphatic carbocycles. The molecular formula is C13H17BrFNO. The first-order chi connectivity index (χ1) is 8.15. The molecule has 17 heavy (non-hydrogen) atoms. The predicted octanol–water partition coefficient (Wildman–Crippen LogP) is 2.98. The van der Waals surface area contributed by atoms with E-state index >= 15 is 0 Å². The number of rotatable bonds is 3. The van der Waals surface area contributed by atoms with Crippen molar-refractivity contribution in [2.45, 2.75) is 44.4 Å². The molecule has 0 radical (unpaired) electrons. The molecule has 0 unspecified atom stereocenters. The van der Waals surface area contributed by atoms with Gasteiger partial charge in [-0.2, -0.15) is 0 Å². The molecule has 2 rings (SSSR count). The van der Waals surface area contributed by atoms with E-state index in [1.165, 1.54) is 6.07 Å². The number of halogens is 2. The van der Waals surface area contributed by atoms with Gasteiger partial charge in [0.2, 0.25) is 0 Å². The molecule has 94 valence electrons. The fourth-order valence-corrected chi connectivity index (χ4v) is 2.62. The molecule has 1 aromatic rings. The van der Waals surface area contributed by atoms with Gasteiger partial charge < -0.3 is 10.4 Å². The van der Waals surface area contributed by atoms with Gasteiger partial charge in [-0.1, -0.05) is 15.9 Å². The number of aliphatic hydroxyl groups excluding tert-OH is 1. The first-order valence-electron chi connectivity index (χ1n) is 6.00. The number of hydrogen-bond donors (Lipinski definition) is 2. The molecule has 0 saturated heterocycles. The van der Waals surface area contributed by atoms with E-state index in [1.54, 1.807) is 12.1 Å². The van der Waals surface area contributed by atoms with Gasteiger partial charge in [-0.3, -0.25) is 0 Å². The molecule has 0 spiro atoms. The van der Waals surface area contributed by atoms with Gasteiger partial charge >= 0.3 is 0 Å². The van der Waals surface area contributed by atoms with Crippen LogP contribution in [0.3, 0.4) is 0 Å². The highest BCUT2D eigenvalue weighted by Gasteiger charge is 2.18. The molecule has 0 aromatic heterocycles. The molecule has 2 N–H and O–H groups in total. The SMILES string of the molecule is OC1CCC(NCc2cc(Br)ccc2F)CC1. The van der Waals surface area contributed by atoms with Crippen LogP contribution in [0.1, 0.15) is 31.2 Å². The van der Waals surface area contributed by atoms with Gasteiger partial charge in [-0.25, -0.2) is 4.39 Å². The molecule has 2 nitrogen and oxygen atoms in total. The summed E-state index contributed by atoms with van der Waals surface area (Å²) in [7, 11) is 0. The van der Waals surface area contributed by atoms with Crippen molar-refractivity contribution in [3.05, 3.63) is 34.1 Å². The summed E-state index contributed by atoms with van der Waals surface area (Å²) in [5, 5.41) is 12.8. The van der Waals surface area contributed by atoms with Crippen molar-refractivity contribution in [2.24, 2.45) is 0 Å². The molecule has 0 atom stereocenters. The van der Waals surface area contributed by atoms with Crippen molar-refractivity contribution in [3.63, 3.8) is 0 Å². The zero-order chi connectivity index (χ0) is 12.3. The Labute approximate surface area is 109 Å². The van der Waals surface area contributed by atoms with E-state index in [1.807, 2.05) is 0 Å². The minimum absolute atomic E-state index is 0.143. The summed E-state index contributed by atoms with van der Waals surface area (Å²) < 4.78 is 14.4. The second-order valence-corrected chi connectivity index (χ2v) is 5.54. The third kappa shape index (κ3) is 3.76. The van der Waals surface area contributed by atoms with Gasteiger partial charge in [0.1, 0.15) is 5.82 Å². The Morgan fingerprint density at radius 3 is 2.71 bits per heavy atom. The first-order valence-corrected chi connectivity index (χ1v) is 6.80. The van der Waals surface area contributed by atoms with E-state index in [0.29, 0.717) is 18.2 Å². The van der Waals surface area contributed by atoms with Crippen LogP contribution in [0, 0.1) is 5.82 Å². The van der Waals surface area contributed by atoms with Crippen LogP contribution in [-0.4, -0.2) is 17.3 Å². The van der Waals surface area contributed by atoms with Gasteiger partial charge in [0.15, 0.2) is 0 Å². The van der Waals surface area contributed by atoms with E-state index in [2.05, 4.69) is 21.2 Å². The van der Waals surface area contributed by atoms with Gasteiger partial charge in [-0.15, -0.1) is 0 Å². The van der Waals surface area contributed by atoms with E-state index in [-0.39, 0.29) is 11.9 Å². The van der Waals surface area contributed by atoms with Crippen LogP contribution in [0.5, 0.6) is 0 Å². The Hall–Kier alpha value is -0.450. The highest BCUT2D eigenvalue weighted by molar-refractivity contribution is 9.10. The van der Waals surface area contributed by atoms with E-state index < -0.39 is 0 Å². The Morgan fingerprint density at radius 2 is 2.00 bits per heavy atom. The summed E-state index contributed by atoms with van der Waals surface area (Å²) >= 11 is 3.34. The molecule has 0 aliphatic heterocycles. The maximum Gasteiger partial charge on any atom is 0.127 e. The van der Waals surface area contributed by atoms with E-state index in [4.69, 9.17) is 0 Å². The second kappa shape index (κ2) is 5.94. The molecule has 0 amide bonds. The summed E-state index contributed by atoms with van der Waals surface area (Å²) in [6.07, 6.45) is 3.49. The van der Waals surface area contributed by atoms with Crippen molar-refractivity contribution in [1.82, 2.24) is 5.32 Å². The molecule has 4 heteroatoms. The van der Waals surface area contributed by atoms with Gasteiger partial charge in [0, 0.05) is 22.6 Å². The monoisotopic (exact) mass is 301 g/mol. The van der Waals surface area contributed by atoms with Crippen LogP contribution in [0.4, 0.5) is 4.39 Å². The molecule has 1 saturated carbocycles. The zero-order valence-corrected chi connectivity index (χ0v) is 11.2. The summed E-state index contributed by atoms with van der Waals surface area (Å²) in [6.45, 7) is 0.548. The summed E-state index contributed by atoms with van der Waals surface area (Å²) in [6, 6.07) is 5.39. The van der Waals surface area contributed by atoms with Gasteiger partial charge in [0.05, 0.1) is 6.10 Å². The maximum atomic E-state index is 13.5. The first kappa shape index (κ1) is 13.0. The number of benzene rings is 1. The van der Waals surface area contributed by atoms with Crippen molar-refractivity contribution in [3.8, 4) is 0 Å². The molecule has 1 aromatic carbocycles. The summed E-state index contributed by atoms with van der Waals surface area (Å²) in [5.74, 6) is -0.170. The van der Waals surface area contributed by atoms with Crippen LogP contribution < -0.4 is 5.32 Å². The Morgan fingerprint density at radius 1 is 1.29 bits per heavy atom. The Balaban J connectivity index is 1.87. The molecule has 0 bridgehead atoms. The highest BCUT2D eigenvalue weighted by Crippen LogP contribution is 2.20. The largest absolute Gasteiger partial charge is 0.393 e. The van der Waals surface area contributed by atoms with E-state index in [9.17, 15) is 9.50 Å². The van der Waals surface area contributed by atoms with Crippen molar-refractivity contribution < 1.29 is 9.50 Å². The standard InChI is InChI=1S/C13H17BrFNO/c14-10-1-6-13(15)9(7-10)8-16-11-2-4-12(17)5-3-11/h1,6-7,11-12,16-17H,2-5,8H2. The number of aliphatic hydroxyl groups is 1. The normalized spacial score (nSPS) is 24.9. The van der Waals surface area contributed by atoms with Crippen LogP contribution in [0.2, 0.25) is 0 Å². The van der Waals surface area contributed by atoms with Gasteiger partial charge in [0.25, 0.3) is 0 Å². The lowest BCUT2D eigenvalue weighted by Gasteiger charge is -2.26. The molecular weight excluding hydrogens is 285 g/mol. The van der Waals surface area contributed by atoms with Gasteiger partial charge in [-0.05, 0) is 43.9 Å². The average molecular weight is 302 g/mol.